The molecule has 0 aromatic heterocycles. The quantitative estimate of drug-likeness (QED) is 0.861. The highest BCUT2D eigenvalue weighted by molar-refractivity contribution is 7.89. The lowest BCUT2D eigenvalue weighted by molar-refractivity contribution is 0.573. The van der Waals surface area contributed by atoms with Gasteiger partial charge >= 0.3 is 0 Å². The number of nitriles is 2. The molecule has 1 aromatic rings. The molecule has 1 N–H and O–H groups in total. The lowest BCUT2D eigenvalue weighted by atomic mass is 10.2. The zero-order valence-corrected chi connectivity index (χ0v) is 10.0. The van der Waals surface area contributed by atoms with Crippen LogP contribution in [0, 0.1) is 28.6 Å². The van der Waals surface area contributed by atoms with Gasteiger partial charge in [-0.15, -0.1) is 0 Å². The Bertz CT molecular complexity index is 564. The monoisotopic (exact) mass is 249 g/mol. The largest absolute Gasteiger partial charge is 0.240 e. The zero-order valence-electron chi connectivity index (χ0n) is 9.21. The highest BCUT2D eigenvalue weighted by Gasteiger charge is 2.14. The standard InChI is InChI=1S/C11H11N3O2S/c1-9(6-12)8-14-17(15,16)11-4-2-10(7-13)3-5-11/h2-5,9,14H,8H2,1H3. The predicted molar refractivity (Wildman–Crippen MR) is 61.1 cm³/mol. The van der Waals surface area contributed by atoms with Gasteiger partial charge in [0.05, 0.1) is 28.5 Å². The van der Waals surface area contributed by atoms with Crippen molar-refractivity contribution in [1.29, 1.82) is 10.5 Å². The first-order valence-corrected chi connectivity index (χ1v) is 6.37. The van der Waals surface area contributed by atoms with Crippen LogP contribution in [-0.4, -0.2) is 15.0 Å². The first kappa shape index (κ1) is 13.2. The fourth-order valence-electron chi connectivity index (χ4n) is 1.07. The van der Waals surface area contributed by atoms with Crippen molar-refractivity contribution in [1.82, 2.24) is 4.72 Å². The van der Waals surface area contributed by atoms with Gasteiger partial charge in [0.2, 0.25) is 10.0 Å². The molecule has 1 unspecified atom stereocenters. The lowest BCUT2D eigenvalue weighted by Gasteiger charge is -2.07. The molecule has 88 valence electrons. The summed E-state index contributed by atoms with van der Waals surface area (Å²) >= 11 is 0. The molecular formula is C11H11N3O2S. The number of sulfonamides is 1. The second-order valence-electron chi connectivity index (χ2n) is 3.52. The van der Waals surface area contributed by atoms with E-state index in [0.717, 1.165) is 0 Å². The maximum Gasteiger partial charge on any atom is 0.240 e. The Labute approximate surface area is 100 Å². The molecule has 0 radical (unpaired) electrons. The minimum Gasteiger partial charge on any atom is -0.210 e. The molecular weight excluding hydrogens is 238 g/mol. The van der Waals surface area contributed by atoms with Gasteiger partial charge in [-0.2, -0.15) is 10.5 Å². The maximum atomic E-state index is 11.7. The molecule has 1 atom stereocenters. The third-order valence-electron chi connectivity index (χ3n) is 2.09. The van der Waals surface area contributed by atoms with Gasteiger partial charge < -0.3 is 0 Å². The van der Waals surface area contributed by atoms with Gasteiger partial charge in [-0.3, -0.25) is 0 Å². The molecule has 17 heavy (non-hydrogen) atoms. The van der Waals surface area contributed by atoms with E-state index in [4.69, 9.17) is 10.5 Å². The normalized spacial score (nSPS) is 12.4. The van der Waals surface area contributed by atoms with Gasteiger partial charge in [0.15, 0.2) is 0 Å². The van der Waals surface area contributed by atoms with Gasteiger partial charge in [-0.1, -0.05) is 0 Å². The van der Waals surface area contributed by atoms with Crippen molar-refractivity contribution >= 4 is 10.0 Å². The topological polar surface area (TPSA) is 93.8 Å². The predicted octanol–water partition coefficient (Wildman–Crippen LogP) is 0.996. The summed E-state index contributed by atoms with van der Waals surface area (Å²) in [5, 5.41) is 17.1. The molecule has 0 saturated carbocycles. The number of hydrogen-bond acceptors (Lipinski definition) is 4. The molecule has 0 fully saturated rings. The Hall–Kier alpha value is -1.89. The summed E-state index contributed by atoms with van der Waals surface area (Å²) in [5.74, 6) is -0.386. The van der Waals surface area contributed by atoms with E-state index in [2.05, 4.69) is 4.72 Å². The van der Waals surface area contributed by atoms with Crippen molar-refractivity contribution in [3.63, 3.8) is 0 Å². The van der Waals surface area contributed by atoms with Crippen molar-refractivity contribution in [2.75, 3.05) is 6.54 Å². The van der Waals surface area contributed by atoms with Crippen LogP contribution in [0.1, 0.15) is 12.5 Å². The Morgan fingerprint density at radius 1 is 1.29 bits per heavy atom. The van der Waals surface area contributed by atoms with Crippen LogP contribution in [0.5, 0.6) is 0 Å². The van der Waals surface area contributed by atoms with Crippen molar-refractivity contribution < 1.29 is 8.42 Å². The van der Waals surface area contributed by atoms with Crippen molar-refractivity contribution in [3.8, 4) is 12.1 Å². The average Bonchev–Trinajstić information content (AvgIpc) is 2.36. The smallest absolute Gasteiger partial charge is 0.210 e. The highest BCUT2D eigenvalue weighted by atomic mass is 32.2. The summed E-state index contributed by atoms with van der Waals surface area (Å²) in [6, 6.07) is 9.43. The van der Waals surface area contributed by atoms with E-state index < -0.39 is 10.0 Å². The van der Waals surface area contributed by atoms with Crippen LogP contribution in [0.25, 0.3) is 0 Å². The number of nitrogens with zero attached hydrogens (tertiary/aromatic N) is 2. The molecule has 0 aliphatic carbocycles. The average molecular weight is 249 g/mol. The molecule has 0 amide bonds. The third-order valence-corrected chi connectivity index (χ3v) is 3.53. The van der Waals surface area contributed by atoms with Gasteiger partial charge in [0.25, 0.3) is 0 Å². The second kappa shape index (κ2) is 5.44. The van der Waals surface area contributed by atoms with Crippen molar-refractivity contribution in [2.24, 2.45) is 5.92 Å². The van der Waals surface area contributed by atoms with Gasteiger partial charge in [0, 0.05) is 6.54 Å². The minimum atomic E-state index is -3.60. The molecule has 0 heterocycles. The van der Waals surface area contributed by atoms with Gasteiger partial charge in [-0.25, -0.2) is 13.1 Å². The van der Waals surface area contributed by atoms with E-state index >= 15 is 0 Å². The Kier molecular flexibility index (Phi) is 4.22. The van der Waals surface area contributed by atoms with Crippen LogP contribution in [0.4, 0.5) is 0 Å². The van der Waals surface area contributed by atoms with Crippen molar-refractivity contribution in [2.45, 2.75) is 11.8 Å². The molecule has 0 saturated heterocycles. The second-order valence-corrected chi connectivity index (χ2v) is 5.29. The van der Waals surface area contributed by atoms with E-state index in [1.165, 1.54) is 24.3 Å². The first-order chi connectivity index (χ1) is 7.99. The SMILES string of the molecule is CC(C#N)CNS(=O)(=O)c1ccc(C#N)cc1. The summed E-state index contributed by atoms with van der Waals surface area (Å²) < 4.78 is 25.8. The Balaban J connectivity index is 2.84. The van der Waals surface area contributed by atoms with Crippen LogP contribution in [0.2, 0.25) is 0 Å². The molecule has 0 spiro atoms. The van der Waals surface area contributed by atoms with E-state index in [0.29, 0.717) is 5.56 Å². The molecule has 0 aliphatic heterocycles. The lowest BCUT2D eigenvalue weighted by Crippen LogP contribution is -2.27. The summed E-state index contributed by atoms with van der Waals surface area (Å²) in [5.41, 5.74) is 0.398. The molecule has 1 rings (SSSR count). The minimum absolute atomic E-state index is 0.0683. The summed E-state index contributed by atoms with van der Waals surface area (Å²) in [6.45, 7) is 1.69. The van der Waals surface area contributed by atoms with E-state index in [1.54, 1.807) is 6.92 Å². The fraction of sp³-hybridized carbons (Fsp3) is 0.273. The molecule has 1 aromatic carbocycles. The van der Waals surface area contributed by atoms with Crippen LogP contribution >= 0.6 is 0 Å². The van der Waals surface area contributed by atoms with E-state index in [1.807, 2.05) is 12.1 Å². The summed E-state index contributed by atoms with van der Waals surface area (Å²) in [4.78, 5) is 0.0849. The Morgan fingerprint density at radius 3 is 2.35 bits per heavy atom. The van der Waals surface area contributed by atoms with Crippen LogP contribution in [0.3, 0.4) is 0 Å². The first-order valence-electron chi connectivity index (χ1n) is 4.89. The highest BCUT2D eigenvalue weighted by Crippen LogP contribution is 2.10. The van der Waals surface area contributed by atoms with Crippen LogP contribution < -0.4 is 4.72 Å². The molecule has 0 aliphatic rings. The number of hydrogen-bond donors (Lipinski definition) is 1. The van der Waals surface area contributed by atoms with Gasteiger partial charge in [0.1, 0.15) is 0 Å². The number of nitrogens with one attached hydrogen (secondary N) is 1. The number of benzene rings is 1. The van der Waals surface area contributed by atoms with Crippen LogP contribution in [0.15, 0.2) is 29.2 Å². The molecule has 6 heteroatoms. The fourth-order valence-corrected chi connectivity index (χ4v) is 2.20. The number of rotatable bonds is 4. The van der Waals surface area contributed by atoms with Gasteiger partial charge in [-0.05, 0) is 31.2 Å². The summed E-state index contributed by atoms with van der Waals surface area (Å²) in [7, 11) is -3.60. The third kappa shape index (κ3) is 3.56. The maximum absolute atomic E-state index is 11.7. The van der Waals surface area contributed by atoms with Crippen molar-refractivity contribution in [3.05, 3.63) is 29.8 Å². The molecule has 5 nitrogen and oxygen atoms in total. The molecule has 0 bridgehead atoms. The van der Waals surface area contributed by atoms with Crippen LogP contribution in [-0.2, 0) is 10.0 Å². The zero-order chi connectivity index (χ0) is 12.9. The van der Waals surface area contributed by atoms with E-state index in [-0.39, 0.29) is 17.4 Å². The summed E-state index contributed by atoms with van der Waals surface area (Å²) in [6.07, 6.45) is 0. The Morgan fingerprint density at radius 2 is 1.88 bits per heavy atom. The van der Waals surface area contributed by atoms with E-state index in [9.17, 15) is 8.42 Å².